The number of esters is 1. The summed E-state index contributed by atoms with van der Waals surface area (Å²) in [7, 11) is 3.07. The Bertz CT molecular complexity index is 173. The highest BCUT2D eigenvalue weighted by atomic mass is 16.5. The van der Waals surface area contributed by atoms with Crippen molar-refractivity contribution in [3.05, 3.63) is 0 Å². The van der Waals surface area contributed by atoms with E-state index in [9.17, 15) is 4.79 Å². The Morgan fingerprint density at radius 3 is 2.29 bits per heavy atom. The second-order valence-electron chi connectivity index (χ2n) is 3.56. The smallest absolute Gasteiger partial charge is 0.309 e. The van der Waals surface area contributed by atoms with E-state index in [2.05, 4.69) is 10.1 Å². The van der Waals surface area contributed by atoms with Gasteiger partial charge in [0.25, 0.3) is 0 Å². The van der Waals surface area contributed by atoms with E-state index in [4.69, 9.17) is 4.74 Å². The van der Waals surface area contributed by atoms with E-state index >= 15 is 0 Å². The summed E-state index contributed by atoms with van der Waals surface area (Å²) in [4.78, 5) is 11.2. The van der Waals surface area contributed by atoms with Gasteiger partial charge < -0.3 is 14.8 Å². The van der Waals surface area contributed by atoms with Gasteiger partial charge in [-0.1, -0.05) is 6.92 Å². The predicted octanol–water partition coefficient (Wildman–Crippen LogP) is 0.808. The minimum absolute atomic E-state index is 0.0973. The maximum absolute atomic E-state index is 11.2. The fourth-order valence-corrected chi connectivity index (χ4v) is 1.00. The van der Waals surface area contributed by atoms with Gasteiger partial charge in [0.1, 0.15) is 0 Å². The zero-order chi connectivity index (χ0) is 11.1. The summed E-state index contributed by atoms with van der Waals surface area (Å²) < 4.78 is 9.74. The molecular weight excluding hydrogens is 182 g/mol. The van der Waals surface area contributed by atoms with E-state index < -0.39 is 0 Å². The SMILES string of the molecule is COC(=O)C(C)C(C)NCC(C)OC. The first-order valence-electron chi connectivity index (χ1n) is 4.86. The normalized spacial score (nSPS) is 17.2. The van der Waals surface area contributed by atoms with E-state index in [1.807, 2.05) is 20.8 Å². The first-order chi connectivity index (χ1) is 6.52. The zero-order valence-electron chi connectivity index (χ0n) is 9.66. The number of hydrogen-bond acceptors (Lipinski definition) is 4. The zero-order valence-corrected chi connectivity index (χ0v) is 9.66. The third-order valence-electron chi connectivity index (χ3n) is 2.45. The number of carbonyl (C=O) groups is 1. The molecule has 4 nitrogen and oxygen atoms in total. The molecule has 0 saturated heterocycles. The lowest BCUT2D eigenvalue weighted by molar-refractivity contribution is -0.145. The van der Waals surface area contributed by atoms with Crippen molar-refractivity contribution >= 4 is 5.97 Å². The molecule has 0 aromatic rings. The quantitative estimate of drug-likeness (QED) is 0.649. The van der Waals surface area contributed by atoms with Crippen LogP contribution in [0.1, 0.15) is 20.8 Å². The van der Waals surface area contributed by atoms with Crippen LogP contribution in [-0.4, -0.2) is 38.9 Å². The van der Waals surface area contributed by atoms with Crippen molar-refractivity contribution in [1.82, 2.24) is 5.32 Å². The summed E-state index contributed by atoms with van der Waals surface area (Å²) in [5, 5.41) is 3.22. The first-order valence-corrected chi connectivity index (χ1v) is 4.86. The standard InChI is InChI=1S/C10H21NO3/c1-7(13-4)6-11-9(3)8(2)10(12)14-5/h7-9,11H,6H2,1-5H3. The van der Waals surface area contributed by atoms with Gasteiger partial charge in [-0.3, -0.25) is 4.79 Å². The lowest BCUT2D eigenvalue weighted by Crippen LogP contribution is -2.40. The van der Waals surface area contributed by atoms with Crippen LogP contribution in [0.3, 0.4) is 0 Å². The predicted molar refractivity (Wildman–Crippen MR) is 55.1 cm³/mol. The lowest BCUT2D eigenvalue weighted by atomic mass is 10.0. The van der Waals surface area contributed by atoms with Crippen molar-refractivity contribution in [2.24, 2.45) is 5.92 Å². The molecule has 0 fully saturated rings. The molecule has 0 saturated carbocycles. The van der Waals surface area contributed by atoms with Gasteiger partial charge in [-0.2, -0.15) is 0 Å². The average molecular weight is 203 g/mol. The number of ether oxygens (including phenoxy) is 2. The van der Waals surface area contributed by atoms with Gasteiger partial charge in [-0.05, 0) is 13.8 Å². The molecule has 1 N–H and O–H groups in total. The third kappa shape index (κ3) is 4.58. The Balaban J connectivity index is 3.83. The molecule has 0 radical (unpaired) electrons. The van der Waals surface area contributed by atoms with E-state index in [1.165, 1.54) is 7.11 Å². The van der Waals surface area contributed by atoms with Gasteiger partial charge >= 0.3 is 5.97 Å². The van der Waals surface area contributed by atoms with Crippen molar-refractivity contribution in [2.75, 3.05) is 20.8 Å². The number of hydrogen-bond donors (Lipinski definition) is 1. The molecule has 0 amide bonds. The molecule has 0 aromatic heterocycles. The Kier molecular flexibility index (Phi) is 6.49. The van der Waals surface area contributed by atoms with Crippen LogP contribution in [-0.2, 0) is 14.3 Å². The van der Waals surface area contributed by atoms with Crippen LogP contribution in [0.2, 0.25) is 0 Å². The highest BCUT2D eigenvalue weighted by Crippen LogP contribution is 2.04. The van der Waals surface area contributed by atoms with Crippen molar-refractivity contribution in [1.29, 1.82) is 0 Å². The molecule has 0 aliphatic heterocycles. The Hall–Kier alpha value is -0.610. The van der Waals surface area contributed by atoms with Gasteiger partial charge in [0.2, 0.25) is 0 Å². The molecule has 0 rings (SSSR count). The van der Waals surface area contributed by atoms with Crippen LogP contribution in [0, 0.1) is 5.92 Å². The summed E-state index contributed by atoms with van der Waals surface area (Å²) in [6.07, 6.45) is 0.155. The number of rotatable bonds is 6. The van der Waals surface area contributed by atoms with Crippen molar-refractivity contribution < 1.29 is 14.3 Å². The fourth-order valence-electron chi connectivity index (χ4n) is 1.00. The molecule has 14 heavy (non-hydrogen) atoms. The molecule has 84 valence electrons. The highest BCUT2D eigenvalue weighted by molar-refractivity contribution is 5.72. The molecule has 0 spiro atoms. The fraction of sp³-hybridized carbons (Fsp3) is 0.900. The molecule has 0 heterocycles. The number of carbonyl (C=O) groups excluding carboxylic acids is 1. The van der Waals surface area contributed by atoms with Crippen molar-refractivity contribution in [3.8, 4) is 0 Å². The van der Waals surface area contributed by atoms with Crippen LogP contribution in [0.15, 0.2) is 0 Å². The molecule has 3 atom stereocenters. The Morgan fingerprint density at radius 2 is 1.86 bits per heavy atom. The molecule has 0 aliphatic carbocycles. The summed E-state index contributed by atoms with van der Waals surface area (Å²) in [5.41, 5.74) is 0. The highest BCUT2D eigenvalue weighted by Gasteiger charge is 2.20. The second kappa shape index (κ2) is 6.79. The summed E-state index contributed by atoms with van der Waals surface area (Å²) >= 11 is 0. The molecular formula is C10H21NO3. The van der Waals surface area contributed by atoms with Crippen molar-refractivity contribution in [3.63, 3.8) is 0 Å². The third-order valence-corrected chi connectivity index (χ3v) is 2.45. The summed E-state index contributed by atoms with van der Waals surface area (Å²) in [5.74, 6) is -0.320. The summed E-state index contributed by atoms with van der Waals surface area (Å²) in [6.45, 7) is 6.52. The minimum Gasteiger partial charge on any atom is -0.469 e. The van der Waals surface area contributed by atoms with E-state index in [1.54, 1.807) is 7.11 Å². The average Bonchev–Trinajstić information content (AvgIpc) is 2.22. The van der Waals surface area contributed by atoms with Gasteiger partial charge in [-0.25, -0.2) is 0 Å². The van der Waals surface area contributed by atoms with Crippen LogP contribution in [0.4, 0.5) is 0 Å². The second-order valence-corrected chi connectivity index (χ2v) is 3.56. The van der Waals surface area contributed by atoms with E-state index in [-0.39, 0.29) is 24.0 Å². The van der Waals surface area contributed by atoms with E-state index in [0.717, 1.165) is 6.54 Å². The lowest BCUT2D eigenvalue weighted by Gasteiger charge is -2.21. The maximum atomic E-state index is 11.2. The van der Waals surface area contributed by atoms with Crippen molar-refractivity contribution in [2.45, 2.75) is 32.9 Å². The summed E-state index contributed by atoms with van der Waals surface area (Å²) in [6, 6.07) is 0.0973. The molecule has 4 heteroatoms. The maximum Gasteiger partial charge on any atom is 0.309 e. The van der Waals surface area contributed by atoms with Gasteiger partial charge in [0.05, 0.1) is 19.1 Å². The van der Waals surface area contributed by atoms with Gasteiger partial charge in [-0.15, -0.1) is 0 Å². The van der Waals surface area contributed by atoms with Crippen LogP contribution in [0.25, 0.3) is 0 Å². The van der Waals surface area contributed by atoms with Gasteiger partial charge in [0, 0.05) is 19.7 Å². The Labute approximate surface area is 86.0 Å². The van der Waals surface area contributed by atoms with Crippen LogP contribution in [0.5, 0.6) is 0 Å². The number of nitrogens with one attached hydrogen (secondary N) is 1. The molecule has 0 aromatic carbocycles. The molecule has 3 unspecified atom stereocenters. The van der Waals surface area contributed by atoms with Crippen LogP contribution >= 0.6 is 0 Å². The largest absolute Gasteiger partial charge is 0.469 e. The topological polar surface area (TPSA) is 47.6 Å². The Morgan fingerprint density at radius 1 is 1.29 bits per heavy atom. The monoisotopic (exact) mass is 203 g/mol. The van der Waals surface area contributed by atoms with Crippen LogP contribution < -0.4 is 5.32 Å². The molecule has 0 bridgehead atoms. The van der Waals surface area contributed by atoms with Gasteiger partial charge in [0.15, 0.2) is 0 Å². The molecule has 0 aliphatic rings. The number of methoxy groups -OCH3 is 2. The first kappa shape index (κ1) is 13.4. The van der Waals surface area contributed by atoms with E-state index in [0.29, 0.717) is 0 Å². The minimum atomic E-state index is -0.185.